The van der Waals surface area contributed by atoms with Crippen molar-refractivity contribution in [2.75, 3.05) is 20.7 Å². The zero-order valence-electron chi connectivity index (χ0n) is 8.44. The van der Waals surface area contributed by atoms with Gasteiger partial charge in [-0.1, -0.05) is 5.22 Å². The average Bonchev–Trinajstić information content (AvgIpc) is 2.04. The first kappa shape index (κ1) is 11.6. The number of carbonyl (C=O) groups is 1. The highest BCUT2D eigenvalue weighted by Crippen LogP contribution is 1.97. The van der Waals surface area contributed by atoms with E-state index in [0.29, 0.717) is 12.2 Å². The van der Waals surface area contributed by atoms with Crippen molar-refractivity contribution in [3.05, 3.63) is 11.8 Å². The lowest BCUT2D eigenvalue weighted by Gasteiger charge is -2.00. The minimum Gasteiger partial charge on any atom is -0.463 e. The number of rotatable bonds is 4. The van der Waals surface area contributed by atoms with Crippen LogP contribution in [0.25, 0.3) is 0 Å². The van der Waals surface area contributed by atoms with Gasteiger partial charge in [-0.3, -0.25) is 5.01 Å². The van der Waals surface area contributed by atoms with Crippen LogP contribution in [0, 0.1) is 0 Å². The van der Waals surface area contributed by atoms with Gasteiger partial charge < -0.3 is 4.74 Å². The fraction of sp³-hybridized carbons (Fsp3) is 0.625. The largest absolute Gasteiger partial charge is 0.463 e. The molecule has 0 spiro atoms. The van der Waals surface area contributed by atoms with Gasteiger partial charge in [0.05, 0.1) is 18.4 Å². The van der Waals surface area contributed by atoms with Crippen molar-refractivity contribution in [2.24, 2.45) is 10.3 Å². The van der Waals surface area contributed by atoms with Crippen LogP contribution in [0.15, 0.2) is 22.1 Å². The van der Waals surface area contributed by atoms with Crippen LogP contribution in [0.5, 0.6) is 0 Å². The first-order valence-corrected chi connectivity index (χ1v) is 4.00. The van der Waals surface area contributed by atoms with E-state index in [2.05, 4.69) is 10.3 Å². The molecule has 0 unspecified atom stereocenters. The lowest BCUT2D eigenvalue weighted by atomic mass is 10.3. The molecule has 5 heteroatoms. The summed E-state index contributed by atoms with van der Waals surface area (Å²) in [6.07, 6.45) is 1.37. The molecule has 0 amide bonds. The summed E-state index contributed by atoms with van der Waals surface area (Å²) in [7, 11) is 3.49. The minimum atomic E-state index is -0.361. The van der Waals surface area contributed by atoms with Crippen LogP contribution in [0.3, 0.4) is 0 Å². The molecule has 0 aliphatic rings. The van der Waals surface area contributed by atoms with Gasteiger partial charge in [0, 0.05) is 14.1 Å². The molecule has 0 aromatic rings. The van der Waals surface area contributed by atoms with Crippen molar-refractivity contribution < 1.29 is 9.53 Å². The van der Waals surface area contributed by atoms with Crippen LogP contribution < -0.4 is 0 Å². The molecule has 0 aromatic carbocycles. The summed E-state index contributed by atoms with van der Waals surface area (Å²) in [5.74, 6) is -0.361. The topological polar surface area (TPSA) is 54.3 Å². The van der Waals surface area contributed by atoms with Crippen LogP contribution in [0.2, 0.25) is 0 Å². The molecule has 0 fully saturated rings. The van der Waals surface area contributed by atoms with E-state index in [1.54, 1.807) is 27.9 Å². The van der Waals surface area contributed by atoms with Gasteiger partial charge in [-0.25, -0.2) is 4.79 Å². The van der Waals surface area contributed by atoms with Crippen LogP contribution in [0.1, 0.15) is 13.8 Å². The van der Waals surface area contributed by atoms with E-state index in [4.69, 9.17) is 4.74 Å². The molecule has 0 bridgehead atoms. The Morgan fingerprint density at radius 1 is 1.54 bits per heavy atom. The Hall–Kier alpha value is -1.39. The fourth-order valence-corrected chi connectivity index (χ4v) is 0.513. The summed E-state index contributed by atoms with van der Waals surface area (Å²) in [4.78, 5) is 11.0. The second kappa shape index (κ2) is 6.16. The molecule has 0 aliphatic carbocycles. The summed E-state index contributed by atoms with van der Waals surface area (Å²) >= 11 is 0. The molecule has 5 nitrogen and oxygen atoms in total. The molecule has 0 aromatic heterocycles. The molecular formula is C8H15N3O2. The Labute approximate surface area is 78.1 Å². The molecule has 0 radical (unpaired) electrons. The normalized spacial score (nSPS) is 11.8. The number of esters is 1. The van der Waals surface area contributed by atoms with Gasteiger partial charge in [-0.05, 0) is 13.8 Å². The van der Waals surface area contributed by atoms with E-state index < -0.39 is 0 Å². The summed E-state index contributed by atoms with van der Waals surface area (Å²) in [6, 6.07) is 0. The van der Waals surface area contributed by atoms with Crippen molar-refractivity contribution in [3.8, 4) is 0 Å². The van der Waals surface area contributed by atoms with Crippen LogP contribution in [0.4, 0.5) is 0 Å². The monoisotopic (exact) mass is 185 g/mol. The average molecular weight is 185 g/mol. The third-order valence-electron chi connectivity index (χ3n) is 1.08. The van der Waals surface area contributed by atoms with Crippen molar-refractivity contribution in [3.63, 3.8) is 0 Å². The number of hydrogen-bond donors (Lipinski definition) is 0. The Morgan fingerprint density at radius 3 is 2.62 bits per heavy atom. The van der Waals surface area contributed by atoms with Gasteiger partial charge in [0.15, 0.2) is 0 Å². The van der Waals surface area contributed by atoms with Gasteiger partial charge in [0.25, 0.3) is 0 Å². The van der Waals surface area contributed by atoms with E-state index in [0.717, 1.165) is 0 Å². The van der Waals surface area contributed by atoms with E-state index in [1.165, 1.54) is 11.2 Å². The van der Waals surface area contributed by atoms with Gasteiger partial charge in [-0.2, -0.15) is 0 Å². The summed E-state index contributed by atoms with van der Waals surface area (Å²) in [5.41, 5.74) is 0.437. The van der Waals surface area contributed by atoms with E-state index in [9.17, 15) is 4.79 Å². The zero-order valence-corrected chi connectivity index (χ0v) is 8.44. The van der Waals surface area contributed by atoms with Crippen molar-refractivity contribution >= 4 is 5.97 Å². The Kier molecular flexibility index (Phi) is 5.50. The van der Waals surface area contributed by atoms with Crippen molar-refractivity contribution in [2.45, 2.75) is 13.8 Å². The molecule has 13 heavy (non-hydrogen) atoms. The fourth-order valence-electron chi connectivity index (χ4n) is 0.513. The van der Waals surface area contributed by atoms with Gasteiger partial charge >= 0.3 is 5.97 Å². The van der Waals surface area contributed by atoms with E-state index in [-0.39, 0.29) is 5.97 Å². The molecule has 74 valence electrons. The summed E-state index contributed by atoms with van der Waals surface area (Å²) < 4.78 is 4.74. The number of nitrogens with zero attached hydrogens (tertiary/aromatic N) is 3. The number of ether oxygens (including phenoxy) is 1. The van der Waals surface area contributed by atoms with Crippen LogP contribution in [-0.2, 0) is 9.53 Å². The number of carbonyl (C=O) groups excluding carboxylic acids is 1. The van der Waals surface area contributed by atoms with Crippen LogP contribution >= 0.6 is 0 Å². The van der Waals surface area contributed by atoms with Gasteiger partial charge in [-0.15, -0.1) is 5.11 Å². The third kappa shape index (κ3) is 5.84. The quantitative estimate of drug-likeness (QED) is 0.288. The third-order valence-corrected chi connectivity index (χ3v) is 1.08. The zero-order chi connectivity index (χ0) is 10.3. The second-order valence-corrected chi connectivity index (χ2v) is 2.58. The molecular weight excluding hydrogens is 170 g/mol. The Bertz CT molecular complexity index is 221. The maximum atomic E-state index is 11.0. The maximum Gasteiger partial charge on any atom is 0.335 e. The van der Waals surface area contributed by atoms with Gasteiger partial charge in [0.2, 0.25) is 0 Å². The Morgan fingerprint density at radius 2 is 2.15 bits per heavy atom. The maximum absolute atomic E-state index is 11.0. The smallest absolute Gasteiger partial charge is 0.335 e. The molecule has 0 N–H and O–H groups in total. The molecule has 0 saturated carbocycles. The highest BCUT2D eigenvalue weighted by Gasteiger charge is 2.02. The van der Waals surface area contributed by atoms with Gasteiger partial charge in [0.1, 0.15) is 0 Å². The van der Waals surface area contributed by atoms with Crippen LogP contribution in [-0.4, -0.2) is 31.7 Å². The second-order valence-electron chi connectivity index (χ2n) is 2.58. The van der Waals surface area contributed by atoms with Crippen molar-refractivity contribution in [1.29, 1.82) is 0 Å². The van der Waals surface area contributed by atoms with Crippen molar-refractivity contribution in [1.82, 2.24) is 5.01 Å². The predicted octanol–water partition coefficient (Wildman–Crippen LogP) is 1.38. The highest BCUT2D eigenvalue weighted by molar-refractivity contribution is 5.87. The molecule has 0 rings (SSSR count). The predicted molar refractivity (Wildman–Crippen MR) is 48.9 cm³/mol. The lowest BCUT2D eigenvalue weighted by molar-refractivity contribution is -0.138. The molecule has 0 aliphatic heterocycles. The first-order chi connectivity index (χ1) is 6.07. The standard InChI is InChI=1S/C8H15N3O2/c1-5-13-8(12)7(2)6-9-10-11(3)4/h6H,5H2,1-4H3/b7-6+,10-9?. The van der Waals surface area contributed by atoms with E-state index in [1.807, 2.05) is 0 Å². The number of hydrogen-bond acceptors (Lipinski definition) is 4. The molecule has 0 saturated heterocycles. The summed E-state index contributed by atoms with van der Waals surface area (Å²) in [5, 5.41) is 8.88. The molecule has 0 heterocycles. The van der Waals surface area contributed by atoms with E-state index >= 15 is 0 Å². The lowest BCUT2D eigenvalue weighted by Crippen LogP contribution is -2.04. The Balaban J connectivity index is 4.08. The summed E-state index contributed by atoms with van der Waals surface area (Å²) in [6.45, 7) is 3.76. The first-order valence-electron chi connectivity index (χ1n) is 4.00. The molecule has 0 atom stereocenters. The highest BCUT2D eigenvalue weighted by atomic mass is 16.5. The minimum absolute atomic E-state index is 0.361. The SMILES string of the molecule is CCOC(=O)/C(C)=C/N=NN(C)C.